The minimum atomic E-state index is -0.336. The Labute approximate surface area is 124 Å². The molecular formula is C16H21N3O2. The Morgan fingerprint density at radius 3 is 2.90 bits per heavy atom. The van der Waals surface area contributed by atoms with Gasteiger partial charge in [0.1, 0.15) is 17.6 Å². The van der Waals surface area contributed by atoms with Crippen molar-refractivity contribution in [2.24, 2.45) is 0 Å². The maximum atomic E-state index is 11.9. The average molecular weight is 287 g/mol. The number of methoxy groups -OCH3 is 1. The van der Waals surface area contributed by atoms with Crippen molar-refractivity contribution in [3.63, 3.8) is 0 Å². The molecule has 21 heavy (non-hydrogen) atoms. The van der Waals surface area contributed by atoms with E-state index in [4.69, 9.17) is 4.74 Å². The lowest BCUT2D eigenvalue weighted by atomic mass is 10.1. The number of aromatic nitrogens is 1. The number of amides is 1. The highest BCUT2D eigenvalue weighted by molar-refractivity contribution is 5.94. The van der Waals surface area contributed by atoms with Crippen LogP contribution in [-0.4, -0.2) is 30.6 Å². The Morgan fingerprint density at radius 1 is 1.38 bits per heavy atom. The molecule has 0 radical (unpaired) electrons. The molecule has 1 atom stereocenters. The average Bonchev–Trinajstić information content (AvgIpc) is 2.52. The molecule has 2 rings (SSSR count). The number of nitrogens with zero attached hydrogens (tertiary/aromatic N) is 1. The standard InChI is InChI=1S/C16H21N3O2/c1-4-8-18-16(20)11(2)19-15-14-6-5-13(21-3)10-12(14)7-9-17-15/h5-7,9-11H,4,8H2,1-3H3,(H,17,19)(H,18,20). The molecule has 1 heterocycles. The number of ether oxygens (including phenoxy) is 1. The summed E-state index contributed by atoms with van der Waals surface area (Å²) in [5.74, 6) is 1.48. The molecule has 1 amide bonds. The molecule has 1 aromatic heterocycles. The van der Waals surface area contributed by atoms with E-state index < -0.39 is 0 Å². The third-order valence-electron chi connectivity index (χ3n) is 3.27. The fraction of sp³-hybridized carbons (Fsp3) is 0.375. The Kier molecular flexibility index (Phi) is 4.98. The zero-order chi connectivity index (χ0) is 15.2. The maximum absolute atomic E-state index is 11.9. The van der Waals surface area contributed by atoms with E-state index >= 15 is 0 Å². The summed E-state index contributed by atoms with van der Waals surface area (Å²) in [5, 5.41) is 8.02. The fourth-order valence-electron chi connectivity index (χ4n) is 2.07. The second-order valence-corrected chi connectivity index (χ2v) is 4.90. The van der Waals surface area contributed by atoms with Crippen LogP contribution in [0.2, 0.25) is 0 Å². The zero-order valence-electron chi connectivity index (χ0n) is 12.6. The first kappa shape index (κ1) is 15.1. The smallest absolute Gasteiger partial charge is 0.242 e. The van der Waals surface area contributed by atoms with Gasteiger partial charge in [-0.25, -0.2) is 4.98 Å². The number of hydrogen-bond donors (Lipinski definition) is 2. The van der Waals surface area contributed by atoms with E-state index in [-0.39, 0.29) is 11.9 Å². The van der Waals surface area contributed by atoms with Crippen molar-refractivity contribution in [2.75, 3.05) is 19.0 Å². The van der Waals surface area contributed by atoms with Crippen molar-refractivity contribution < 1.29 is 9.53 Å². The van der Waals surface area contributed by atoms with Crippen LogP contribution in [0, 0.1) is 0 Å². The minimum Gasteiger partial charge on any atom is -0.497 e. The number of benzene rings is 1. The molecule has 0 aliphatic rings. The van der Waals surface area contributed by atoms with Crippen LogP contribution in [0.4, 0.5) is 5.82 Å². The number of hydrogen-bond acceptors (Lipinski definition) is 4. The van der Waals surface area contributed by atoms with Crippen molar-refractivity contribution >= 4 is 22.5 Å². The van der Waals surface area contributed by atoms with Crippen LogP contribution in [-0.2, 0) is 4.79 Å². The largest absolute Gasteiger partial charge is 0.497 e. The van der Waals surface area contributed by atoms with E-state index in [0.29, 0.717) is 12.4 Å². The Balaban J connectivity index is 2.20. The van der Waals surface area contributed by atoms with Crippen LogP contribution >= 0.6 is 0 Å². The van der Waals surface area contributed by atoms with E-state index in [0.717, 1.165) is 22.9 Å². The van der Waals surface area contributed by atoms with Gasteiger partial charge in [0.05, 0.1) is 7.11 Å². The van der Waals surface area contributed by atoms with E-state index in [1.807, 2.05) is 38.1 Å². The number of carbonyl (C=O) groups excluding carboxylic acids is 1. The van der Waals surface area contributed by atoms with Crippen molar-refractivity contribution in [3.05, 3.63) is 30.5 Å². The lowest BCUT2D eigenvalue weighted by molar-refractivity contribution is -0.121. The van der Waals surface area contributed by atoms with Gasteiger partial charge in [0.25, 0.3) is 0 Å². The van der Waals surface area contributed by atoms with Crippen molar-refractivity contribution in [3.8, 4) is 5.75 Å². The number of pyridine rings is 1. The van der Waals surface area contributed by atoms with Crippen LogP contribution in [0.15, 0.2) is 30.5 Å². The molecule has 2 N–H and O–H groups in total. The van der Waals surface area contributed by atoms with Gasteiger partial charge < -0.3 is 15.4 Å². The quantitative estimate of drug-likeness (QED) is 0.857. The van der Waals surface area contributed by atoms with Gasteiger partial charge in [-0.15, -0.1) is 0 Å². The van der Waals surface area contributed by atoms with Crippen molar-refractivity contribution in [2.45, 2.75) is 26.3 Å². The summed E-state index contributed by atoms with van der Waals surface area (Å²) in [6.45, 7) is 4.54. The summed E-state index contributed by atoms with van der Waals surface area (Å²) in [6.07, 6.45) is 2.64. The van der Waals surface area contributed by atoms with E-state index in [1.54, 1.807) is 13.3 Å². The molecule has 1 unspecified atom stereocenters. The molecule has 0 aliphatic heterocycles. The summed E-state index contributed by atoms with van der Waals surface area (Å²) >= 11 is 0. The Hall–Kier alpha value is -2.30. The number of fused-ring (bicyclic) bond motifs is 1. The minimum absolute atomic E-state index is 0.0239. The molecule has 0 spiro atoms. The molecular weight excluding hydrogens is 266 g/mol. The first-order chi connectivity index (χ1) is 10.2. The fourth-order valence-corrected chi connectivity index (χ4v) is 2.07. The number of anilines is 1. The molecule has 0 fully saturated rings. The molecule has 0 saturated carbocycles. The van der Waals surface area contributed by atoms with Gasteiger partial charge in [0, 0.05) is 18.1 Å². The third-order valence-corrected chi connectivity index (χ3v) is 3.27. The highest BCUT2D eigenvalue weighted by atomic mass is 16.5. The molecule has 0 saturated heterocycles. The predicted octanol–water partition coefficient (Wildman–Crippen LogP) is 2.57. The molecule has 5 nitrogen and oxygen atoms in total. The van der Waals surface area contributed by atoms with E-state index in [9.17, 15) is 4.79 Å². The van der Waals surface area contributed by atoms with Crippen LogP contribution in [0.3, 0.4) is 0 Å². The van der Waals surface area contributed by atoms with Crippen LogP contribution in [0.25, 0.3) is 10.8 Å². The highest BCUT2D eigenvalue weighted by Crippen LogP contribution is 2.25. The molecule has 5 heteroatoms. The van der Waals surface area contributed by atoms with Gasteiger partial charge in [-0.05, 0) is 43.0 Å². The molecule has 0 aliphatic carbocycles. The molecule has 2 aromatic rings. The van der Waals surface area contributed by atoms with Crippen LogP contribution in [0.5, 0.6) is 5.75 Å². The third kappa shape index (κ3) is 3.62. The van der Waals surface area contributed by atoms with Crippen molar-refractivity contribution in [1.29, 1.82) is 0 Å². The molecule has 1 aromatic carbocycles. The first-order valence-electron chi connectivity index (χ1n) is 7.12. The van der Waals surface area contributed by atoms with Gasteiger partial charge in [0.15, 0.2) is 0 Å². The Bertz CT molecular complexity index is 628. The van der Waals surface area contributed by atoms with Gasteiger partial charge in [-0.1, -0.05) is 6.92 Å². The topological polar surface area (TPSA) is 63.2 Å². The molecule has 0 bridgehead atoms. The number of nitrogens with one attached hydrogen (secondary N) is 2. The highest BCUT2D eigenvalue weighted by Gasteiger charge is 2.13. The lowest BCUT2D eigenvalue weighted by Gasteiger charge is -2.16. The monoisotopic (exact) mass is 287 g/mol. The molecule has 112 valence electrons. The first-order valence-corrected chi connectivity index (χ1v) is 7.12. The van der Waals surface area contributed by atoms with E-state index in [1.165, 1.54) is 0 Å². The van der Waals surface area contributed by atoms with Gasteiger partial charge >= 0.3 is 0 Å². The Morgan fingerprint density at radius 2 is 2.19 bits per heavy atom. The summed E-state index contributed by atoms with van der Waals surface area (Å²) in [4.78, 5) is 16.3. The van der Waals surface area contributed by atoms with E-state index in [2.05, 4.69) is 15.6 Å². The second kappa shape index (κ2) is 6.92. The van der Waals surface area contributed by atoms with Gasteiger partial charge in [-0.2, -0.15) is 0 Å². The summed E-state index contributed by atoms with van der Waals surface area (Å²) < 4.78 is 5.22. The maximum Gasteiger partial charge on any atom is 0.242 e. The zero-order valence-corrected chi connectivity index (χ0v) is 12.6. The SMILES string of the molecule is CCCNC(=O)C(C)Nc1nccc2cc(OC)ccc12. The second-order valence-electron chi connectivity index (χ2n) is 4.90. The summed E-state index contributed by atoms with van der Waals surface area (Å²) in [6, 6.07) is 7.36. The lowest BCUT2D eigenvalue weighted by Crippen LogP contribution is -2.38. The van der Waals surface area contributed by atoms with Gasteiger partial charge in [-0.3, -0.25) is 4.79 Å². The predicted molar refractivity (Wildman–Crippen MR) is 84.7 cm³/mol. The normalized spacial score (nSPS) is 12.0. The number of carbonyl (C=O) groups is 1. The van der Waals surface area contributed by atoms with Crippen LogP contribution < -0.4 is 15.4 Å². The number of rotatable bonds is 6. The van der Waals surface area contributed by atoms with Gasteiger partial charge in [0.2, 0.25) is 5.91 Å². The summed E-state index contributed by atoms with van der Waals surface area (Å²) in [7, 11) is 1.64. The summed E-state index contributed by atoms with van der Waals surface area (Å²) in [5.41, 5.74) is 0. The van der Waals surface area contributed by atoms with Crippen molar-refractivity contribution in [1.82, 2.24) is 10.3 Å². The van der Waals surface area contributed by atoms with Crippen LogP contribution in [0.1, 0.15) is 20.3 Å².